The minimum Gasteiger partial charge on any atom is -0.377 e. The second-order valence-corrected chi connectivity index (χ2v) is 8.93. The highest BCUT2D eigenvalue weighted by Gasteiger charge is 2.38. The highest BCUT2D eigenvalue weighted by atomic mass is 32.2. The summed E-state index contributed by atoms with van der Waals surface area (Å²) in [7, 11) is 0. The Labute approximate surface area is 123 Å². The van der Waals surface area contributed by atoms with Gasteiger partial charge in [-0.05, 0) is 56.4 Å². The van der Waals surface area contributed by atoms with Crippen LogP contribution in [0.3, 0.4) is 0 Å². The van der Waals surface area contributed by atoms with Gasteiger partial charge in [-0.3, -0.25) is 0 Å². The van der Waals surface area contributed by atoms with Crippen LogP contribution in [0.2, 0.25) is 0 Å². The van der Waals surface area contributed by atoms with Crippen molar-refractivity contribution in [2.24, 2.45) is 23.0 Å². The van der Waals surface area contributed by atoms with Crippen LogP contribution in [0.5, 0.6) is 0 Å². The van der Waals surface area contributed by atoms with Gasteiger partial charge in [-0.1, -0.05) is 20.8 Å². The van der Waals surface area contributed by atoms with E-state index in [4.69, 9.17) is 10.5 Å². The van der Waals surface area contributed by atoms with E-state index in [0.717, 1.165) is 30.2 Å². The zero-order valence-electron chi connectivity index (χ0n) is 13.0. The Balaban J connectivity index is 1.97. The first-order valence-electron chi connectivity index (χ1n) is 7.89. The molecule has 112 valence electrons. The summed E-state index contributed by atoms with van der Waals surface area (Å²) in [6.45, 7) is 11.2. The van der Waals surface area contributed by atoms with Crippen LogP contribution in [-0.2, 0) is 4.74 Å². The van der Waals surface area contributed by atoms with Crippen LogP contribution in [0.15, 0.2) is 0 Å². The molecule has 5 unspecified atom stereocenters. The standard InChI is InChI=1S/C16H31NOS/c1-11-14(7-8-18-11)19-15-9-13(16(2,3)4)6-5-12(15)10-17/h11-15H,5-10,17H2,1-4H3. The molecular weight excluding hydrogens is 254 g/mol. The average Bonchev–Trinajstić information content (AvgIpc) is 2.74. The Kier molecular flexibility index (Phi) is 5.24. The van der Waals surface area contributed by atoms with Gasteiger partial charge in [-0.2, -0.15) is 11.8 Å². The predicted octanol–water partition coefficient (Wildman–Crippen LogP) is 3.69. The summed E-state index contributed by atoms with van der Waals surface area (Å²) < 4.78 is 5.72. The number of ether oxygens (including phenoxy) is 1. The van der Waals surface area contributed by atoms with Crippen molar-refractivity contribution in [3.05, 3.63) is 0 Å². The second-order valence-electron chi connectivity index (χ2n) is 7.45. The third-order valence-corrected chi connectivity index (χ3v) is 7.01. The van der Waals surface area contributed by atoms with Gasteiger partial charge in [0.2, 0.25) is 0 Å². The fraction of sp³-hybridized carbons (Fsp3) is 1.00. The lowest BCUT2D eigenvalue weighted by Crippen LogP contribution is -2.38. The molecule has 2 fully saturated rings. The molecule has 2 aliphatic rings. The fourth-order valence-electron chi connectivity index (χ4n) is 3.53. The van der Waals surface area contributed by atoms with Crippen molar-refractivity contribution in [3.8, 4) is 0 Å². The van der Waals surface area contributed by atoms with E-state index >= 15 is 0 Å². The highest BCUT2D eigenvalue weighted by Crippen LogP contribution is 2.46. The van der Waals surface area contributed by atoms with Gasteiger partial charge in [-0.25, -0.2) is 0 Å². The fourth-order valence-corrected chi connectivity index (χ4v) is 5.32. The van der Waals surface area contributed by atoms with E-state index < -0.39 is 0 Å². The molecule has 1 aliphatic heterocycles. The number of thioether (sulfide) groups is 1. The molecule has 1 saturated heterocycles. The molecule has 1 aliphatic carbocycles. The van der Waals surface area contributed by atoms with Gasteiger partial charge in [0.1, 0.15) is 0 Å². The zero-order valence-corrected chi connectivity index (χ0v) is 13.8. The SMILES string of the molecule is CC1OCCC1SC1CC(C(C)(C)C)CCC1CN. The van der Waals surface area contributed by atoms with E-state index in [1.54, 1.807) is 0 Å². The molecule has 0 aromatic heterocycles. The Morgan fingerprint density at radius 1 is 1.16 bits per heavy atom. The van der Waals surface area contributed by atoms with Crippen LogP contribution in [-0.4, -0.2) is 29.8 Å². The molecule has 3 heteroatoms. The Morgan fingerprint density at radius 2 is 1.89 bits per heavy atom. The van der Waals surface area contributed by atoms with Crippen molar-refractivity contribution < 1.29 is 4.74 Å². The van der Waals surface area contributed by atoms with Crippen LogP contribution in [0.25, 0.3) is 0 Å². The molecule has 0 aromatic rings. The Morgan fingerprint density at radius 3 is 2.42 bits per heavy atom. The zero-order chi connectivity index (χ0) is 14.0. The van der Waals surface area contributed by atoms with Crippen molar-refractivity contribution >= 4 is 11.8 Å². The summed E-state index contributed by atoms with van der Waals surface area (Å²) in [6, 6.07) is 0. The first-order chi connectivity index (χ1) is 8.91. The predicted molar refractivity (Wildman–Crippen MR) is 84.5 cm³/mol. The first-order valence-corrected chi connectivity index (χ1v) is 8.83. The van der Waals surface area contributed by atoms with Crippen LogP contribution in [0.4, 0.5) is 0 Å². The maximum atomic E-state index is 6.01. The molecule has 0 radical (unpaired) electrons. The average molecular weight is 285 g/mol. The maximum Gasteiger partial charge on any atom is 0.0666 e. The lowest BCUT2D eigenvalue weighted by Gasteiger charge is -2.42. The van der Waals surface area contributed by atoms with Crippen LogP contribution < -0.4 is 5.73 Å². The molecule has 0 spiro atoms. The molecule has 5 atom stereocenters. The van der Waals surface area contributed by atoms with Gasteiger partial charge >= 0.3 is 0 Å². The summed E-state index contributed by atoms with van der Waals surface area (Å²) in [5.74, 6) is 1.57. The number of hydrogen-bond donors (Lipinski definition) is 1. The minimum atomic E-state index is 0.429. The molecule has 2 nitrogen and oxygen atoms in total. The lowest BCUT2D eigenvalue weighted by atomic mass is 9.69. The summed E-state index contributed by atoms with van der Waals surface area (Å²) in [6.07, 6.45) is 5.68. The summed E-state index contributed by atoms with van der Waals surface area (Å²) in [5.41, 5.74) is 6.45. The van der Waals surface area contributed by atoms with Crippen LogP contribution in [0, 0.1) is 17.3 Å². The normalized spacial score (nSPS) is 40.6. The molecule has 0 amide bonds. The summed E-state index contributed by atoms with van der Waals surface area (Å²) >= 11 is 2.18. The van der Waals surface area contributed by atoms with Gasteiger partial charge in [0.05, 0.1) is 6.10 Å². The third-order valence-electron chi connectivity index (χ3n) is 5.11. The topological polar surface area (TPSA) is 35.2 Å². The lowest BCUT2D eigenvalue weighted by molar-refractivity contribution is 0.126. The number of hydrogen-bond acceptors (Lipinski definition) is 3. The molecule has 2 N–H and O–H groups in total. The highest BCUT2D eigenvalue weighted by molar-refractivity contribution is 8.00. The molecule has 0 aromatic carbocycles. The van der Waals surface area contributed by atoms with E-state index in [0.29, 0.717) is 16.8 Å². The van der Waals surface area contributed by atoms with Crippen LogP contribution >= 0.6 is 11.8 Å². The van der Waals surface area contributed by atoms with Gasteiger partial charge in [0.25, 0.3) is 0 Å². The largest absolute Gasteiger partial charge is 0.377 e. The third kappa shape index (κ3) is 3.89. The van der Waals surface area contributed by atoms with Gasteiger partial charge in [0.15, 0.2) is 0 Å². The van der Waals surface area contributed by atoms with E-state index in [2.05, 4.69) is 39.5 Å². The first kappa shape index (κ1) is 15.7. The second kappa shape index (κ2) is 6.36. The number of rotatable bonds is 3. The summed E-state index contributed by atoms with van der Waals surface area (Å²) in [4.78, 5) is 0. The van der Waals surface area contributed by atoms with Crippen molar-refractivity contribution in [1.82, 2.24) is 0 Å². The monoisotopic (exact) mass is 285 g/mol. The quantitative estimate of drug-likeness (QED) is 0.859. The Hall–Kier alpha value is 0.270. The van der Waals surface area contributed by atoms with Crippen LogP contribution in [0.1, 0.15) is 53.4 Å². The van der Waals surface area contributed by atoms with E-state index in [1.165, 1.54) is 25.7 Å². The van der Waals surface area contributed by atoms with E-state index in [9.17, 15) is 0 Å². The Bertz CT molecular complexity index is 287. The van der Waals surface area contributed by atoms with E-state index in [1.807, 2.05) is 0 Å². The summed E-state index contributed by atoms with van der Waals surface area (Å²) in [5, 5.41) is 1.44. The van der Waals surface area contributed by atoms with Crippen molar-refractivity contribution in [2.45, 2.75) is 70.0 Å². The van der Waals surface area contributed by atoms with Gasteiger partial charge in [-0.15, -0.1) is 0 Å². The maximum absolute atomic E-state index is 6.01. The van der Waals surface area contributed by atoms with Crippen molar-refractivity contribution in [1.29, 1.82) is 0 Å². The van der Waals surface area contributed by atoms with Crippen molar-refractivity contribution in [3.63, 3.8) is 0 Å². The number of nitrogens with two attached hydrogens (primary N) is 1. The van der Waals surface area contributed by atoms with Gasteiger partial charge < -0.3 is 10.5 Å². The smallest absolute Gasteiger partial charge is 0.0666 e. The van der Waals surface area contributed by atoms with E-state index in [-0.39, 0.29) is 0 Å². The van der Waals surface area contributed by atoms with Gasteiger partial charge in [0, 0.05) is 17.1 Å². The molecule has 2 rings (SSSR count). The molecule has 19 heavy (non-hydrogen) atoms. The minimum absolute atomic E-state index is 0.429. The molecule has 1 saturated carbocycles. The van der Waals surface area contributed by atoms with Crippen molar-refractivity contribution in [2.75, 3.05) is 13.2 Å². The molecule has 0 bridgehead atoms. The molecular formula is C16H31NOS. The molecule has 1 heterocycles.